The highest BCUT2D eigenvalue weighted by atomic mass is 16.5. The number of hydrogen-bond donors (Lipinski definition) is 3. The number of rotatable bonds is 7. The van der Waals surface area contributed by atoms with Crippen LogP contribution in [0.2, 0.25) is 0 Å². The molecule has 1 atom stereocenters. The SMILES string of the molecule is COc1cc(CO)ccc1OCCC(O)CN. The van der Waals surface area contributed by atoms with Gasteiger partial charge in [0, 0.05) is 13.0 Å². The molecule has 0 aliphatic rings. The molecule has 0 fully saturated rings. The second-order valence-corrected chi connectivity index (χ2v) is 3.67. The van der Waals surface area contributed by atoms with E-state index in [2.05, 4.69) is 0 Å². The van der Waals surface area contributed by atoms with Crippen molar-refractivity contribution in [1.82, 2.24) is 0 Å². The van der Waals surface area contributed by atoms with Gasteiger partial charge in [0.1, 0.15) is 0 Å². The largest absolute Gasteiger partial charge is 0.493 e. The van der Waals surface area contributed by atoms with Crippen LogP contribution in [0.4, 0.5) is 0 Å². The lowest BCUT2D eigenvalue weighted by Crippen LogP contribution is -2.22. The highest BCUT2D eigenvalue weighted by molar-refractivity contribution is 5.42. The Kier molecular flexibility index (Phi) is 5.76. The van der Waals surface area contributed by atoms with Crippen molar-refractivity contribution in [1.29, 1.82) is 0 Å². The Morgan fingerprint density at radius 2 is 2.12 bits per heavy atom. The number of benzene rings is 1. The molecule has 0 aliphatic heterocycles. The average Bonchev–Trinajstić information content (AvgIpc) is 2.38. The summed E-state index contributed by atoms with van der Waals surface area (Å²) in [5.41, 5.74) is 6.05. The van der Waals surface area contributed by atoms with E-state index in [1.54, 1.807) is 18.2 Å². The van der Waals surface area contributed by atoms with Crippen LogP contribution in [0.1, 0.15) is 12.0 Å². The van der Waals surface area contributed by atoms with Gasteiger partial charge < -0.3 is 25.4 Å². The Hall–Kier alpha value is -1.30. The van der Waals surface area contributed by atoms with Gasteiger partial charge >= 0.3 is 0 Å². The van der Waals surface area contributed by atoms with Gasteiger partial charge in [-0.15, -0.1) is 0 Å². The van der Waals surface area contributed by atoms with Gasteiger partial charge in [-0.3, -0.25) is 0 Å². The summed E-state index contributed by atoms with van der Waals surface area (Å²) < 4.78 is 10.6. The second kappa shape index (κ2) is 7.11. The third-order valence-corrected chi connectivity index (χ3v) is 2.39. The second-order valence-electron chi connectivity index (χ2n) is 3.67. The first-order chi connectivity index (χ1) is 8.21. The van der Waals surface area contributed by atoms with E-state index >= 15 is 0 Å². The molecule has 5 heteroatoms. The number of aliphatic hydroxyl groups excluding tert-OH is 2. The lowest BCUT2D eigenvalue weighted by molar-refractivity contribution is 0.145. The van der Waals surface area contributed by atoms with Gasteiger partial charge in [0.25, 0.3) is 0 Å². The monoisotopic (exact) mass is 241 g/mol. The summed E-state index contributed by atoms with van der Waals surface area (Å²) in [5.74, 6) is 1.16. The minimum atomic E-state index is -0.544. The molecule has 0 saturated carbocycles. The first kappa shape index (κ1) is 13.8. The van der Waals surface area contributed by atoms with Crippen molar-refractivity contribution in [3.8, 4) is 11.5 Å². The molecule has 0 aliphatic carbocycles. The van der Waals surface area contributed by atoms with E-state index in [0.717, 1.165) is 5.56 Å². The maximum atomic E-state index is 9.28. The number of ether oxygens (including phenoxy) is 2. The Morgan fingerprint density at radius 3 is 2.71 bits per heavy atom. The van der Waals surface area contributed by atoms with E-state index in [4.69, 9.17) is 20.3 Å². The number of methoxy groups -OCH3 is 1. The van der Waals surface area contributed by atoms with Gasteiger partial charge in [-0.1, -0.05) is 6.07 Å². The summed E-state index contributed by atoms with van der Waals surface area (Å²) in [5, 5.41) is 18.3. The molecule has 0 heterocycles. The molecule has 4 N–H and O–H groups in total. The topological polar surface area (TPSA) is 84.9 Å². The molecular formula is C12H19NO4. The van der Waals surface area contributed by atoms with Crippen LogP contribution >= 0.6 is 0 Å². The van der Waals surface area contributed by atoms with Crippen molar-refractivity contribution in [2.75, 3.05) is 20.3 Å². The fourth-order valence-electron chi connectivity index (χ4n) is 1.35. The van der Waals surface area contributed by atoms with Crippen molar-refractivity contribution in [3.05, 3.63) is 23.8 Å². The van der Waals surface area contributed by atoms with E-state index in [0.29, 0.717) is 24.5 Å². The zero-order valence-corrected chi connectivity index (χ0v) is 9.93. The molecule has 1 rings (SSSR count). The van der Waals surface area contributed by atoms with Crippen molar-refractivity contribution in [2.45, 2.75) is 19.1 Å². The van der Waals surface area contributed by atoms with Crippen LogP contribution in [-0.2, 0) is 6.61 Å². The first-order valence-corrected chi connectivity index (χ1v) is 5.50. The minimum absolute atomic E-state index is 0.0392. The van der Waals surface area contributed by atoms with Gasteiger partial charge in [0.15, 0.2) is 11.5 Å². The van der Waals surface area contributed by atoms with Crippen LogP contribution in [0.3, 0.4) is 0 Å². The molecule has 0 amide bonds. The molecule has 0 bridgehead atoms. The lowest BCUT2D eigenvalue weighted by atomic mass is 10.2. The van der Waals surface area contributed by atoms with Crippen molar-refractivity contribution < 1.29 is 19.7 Å². The van der Waals surface area contributed by atoms with Gasteiger partial charge in [0.05, 0.1) is 26.4 Å². The number of hydrogen-bond acceptors (Lipinski definition) is 5. The summed E-state index contributed by atoms with van der Waals surface area (Å²) in [6.07, 6.45) is -0.0702. The smallest absolute Gasteiger partial charge is 0.161 e. The molecule has 5 nitrogen and oxygen atoms in total. The third-order valence-electron chi connectivity index (χ3n) is 2.39. The lowest BCUT2D eigenvalue weighted by Gasteiger charge is -2.13. The Bertz CT molecular complexity index is 343. The Balaban J connectivity index is 2.58. The summed E-state index contributed by atoms with van der Waals surface area (Å²) in [7, 11) is 1.54. The first-order valence-electron chi connectivity index (χ1n) is 5.50. The molecule has 0 aromatic heterocycles. The van der Waals surface area contributed by atoms with E-state index in [-0.39, 0.29) is 13.2 Å². The summed E-state index contributed by atoms with van der Waals surface area (Å²) in [6.45, 7) is 0.555. The van der Waals surface area contributed by atoms with Gasteiger partial charge in [-0.2, -0.15) is 0 Å². The molecule has 1 aromatic rings. The summed E-state index contributed by atoms with van der Waals surface area (Å²) in [6, 6.07) is 5.21. The standard InChI is InChI=1S/C12H19NO4/c1-16-12-6-9(8-14)2-3-11(12)17-5-4-10(15)7-13/h2-3,6,10,14-15H,4-5,7-8,13H2,1H3. The Morgan fingerprint density at radius 1 is 1.35 bits per heavy atom. The Labute approximate surface area is 101 Å². The van der Waals surface area contributed by atoms with Gasteiger partial charge in [-0.05, 0) is 17.7 Å². The van der Waals surface area contributed by atoms with Gasteiger partial charge in [0.2, 0.25) is 0 Å². The zero-order chi connectivity index (χ0) is 12.7. The maximum Gasteiger partial charge on any atom is 0.161 e. The fourth-order valence-corrected chi connectivity index (χ4v) is 1.35. The molecule has 17 heavy (non-hydrogen) atoms. The molecular weight excluding hydrogens is 222 g/mol. The summed E-state index contributed by atoms with van der Waals surface area (Å²) in [4.78, 5) is 0. The van der Waals surface area contributed by atoms with Crippen molar-refractivity contribution in [3.63, 3.8) is 0 Å². The van der Waals surface area contributed by atoms with E-state index in [9.17, 15) is 5.11 Å². The van der Waals surface area contributed by atoms with Crippen LogP contribution in [0.15, 0.2) is 18.2 Å². The van der Waals surface area contributed by atoms with Crippen LogP contribution < -0.4 is 15.2 Å². The molecule has 0 spiro atoms. The normalized spacial score (nSPS) is 12.2. The van der Waals surface area contributed by atoms with E-state index < -0.39 is 6.10 Å². The zero-order valence-electron chi connectivity index (χ0n) is 9.93. The quantitative estimate of drug-likeness (QED) is 0.638. The summed E-state index contributed by atoms with van der Waals surface area (Å²) >= 11 is 0. The highest BCUT2D eigenvalue weighted by Gasteiger charge is 2.07. The van der Waals surface area contributed by atoms with Crippen LogP contribution in [0.25, 0.3) is 0 Å². The maximum absolute atomic E-state index is 9.28. The molecule has 0 saturated heterocycles. The van der Waals surface area contributed by atoms with Crippen LogP contribution in [0, 0.1) is 0 Å². The van der Waals surface area contributed by atoms with Crippen LogP contribution in [0.5, 0.6) is 11.5 Å². The molecule has 1 aromatic carbocycles. The molecule has 1 unspecified atom stereocenters. The van der Waals surface area contributed by atoms with E-state index in [1.165, 1.54) is 7.11 Å². The third kappa shape index (κ3) is 4.22. The molecule has 96 valence electrons. The molecule has 0 radical (unpaired) electrons. The predicted molar refractivity (Wildman–Crippen MR) is 64.1 cm³/mol. The highest BCUT2D eigenvalue weighted by Crippen LogP contribution is 2.28. The average molecular weight is 241 g/mol. The fraction of sp³-hybridized carbons (Fsp3) is 0.500. The number of nitrogens with two attached hydrogens (primary N) is 1. The number of aliphatic hydroxyl groups is 2. The van der Waals surface area contributed by atoms with E-state index in [1.807, 2.05) is 0 Å². The van der Waals surface area contributed by atoms with Crippen molar-refractivity contribution in [2.24, 2.45) is 5.73 Å². The van der Waals surface area contributed by atoms with Gasteiger partial charge in [-0.25, -0.2) is 0 Å². The van der Waals surface area contributed by atoms with Crippen LogP contribution in [-0.4, -0.2) is 36.6 Å². The minimum Gasteiger partial charge on any atom is -0.493 e. The predicted octanol–water partition coefficient (Wildman–Crippen LogP) is 0.276. The van der Waals surface area contributed by atoms with Crippen molar-refractivity contribution >= 4 is 0 Å².